The molecule has 0 saturated heterocycles. The van der Waals surface area contributed by atoms with E-state index in [0.29, 0.717) is 16.0 Å². The molecule has 86 valence electrons. The van der Waals surface area contributed by atoms with E-state index in [9.17, 15) is 4.79 Å². The van der Waals surface area contributed by atoms with Gasteiger partial charge in [-0.2, -0.15) is 0 Å². The number of halogens is 2. The van der Waals surface area contributed by atoms with Gasteiger partial charge in [-0.3, -0.25) is 4.79 Å². The molecule has 0 atom stereocenters. The van der Waals surface area contributed by atoms with E-state index in [0.717, 1.165) is 0 Å². The Hall–Kier alpha value is -1.53. The first kappa shape index (κ1) is 11.9. The maximum atomic E-state index is 11.8. The van der Waals surface area contributed by atoms with Crippen LogP contribution < -0.4 is 5.32 Å². The lowest BCUT2D eigenvalue weighted by Gasteiger charge is -2.03. The number of rotatable bonds is 2. The molecule has 0 radical (unpaired) electrons. The van der Waals surface area contributed by atoms with Crippen molar-refractivity contribution >= 4 is 39.3 Å². The lowest BCUT2D eigenvalue weighted by atomic mass is 10.2. The van der Waals surface area contributed by atoms with Gasteiger partial charge in [0, 0.05) is 11.8 Å². The van der Waals surface area contributed by atoms with E-state index >= 15 is 0 Å². The smallest absolute Gasteiger partial charge is 0.257 e. The predicted molar refractivity (Wildman–Crippen MR) is 66.9 cm³/mol. The zero-order valence-corrected chi connectivity index (χ0v) is 10.7. The third-order valence-corrected chi connectivity index (χ3v) is 2.50. The fourth-order valence-electron chi connectivity index (χ4n) is 1.11. The number of nitrogens with one attached hydrogen (secondary N) is 1. The molecule has 0 spiro atoms. The fraction of sp³-hybridized carbons (Fsp3) is 0. The SMILES string of the molecule is O=C(Nc1ccc(Cl)nn1)c1ccnc(Br)c1. The van der Waals surface area contributed by atoms with Crippen molar-refractivity contribution in [3.8, 4) is 0 Å². The minimum Gasteiger partial charge on any atom is -0.305 e. The number of pyridine rings is 1. The highest BCUT2D eigenvalue weighted by molar-refractivity contribution is 9.10. The molecule has 2 aromatic heterocycles. The van der Waals surface area contributed by atoms with Gasteiger partial charge in [-0.15, -0.1) is 10.2 Å². The summed E-state index contributed by atoms with van der Waals surface area (Å²) >= 11 is 8.77. The van der Waals surface area contributed by atoms with Gasteiger partial charge in [-0.25, -0.2) is 4.98 Å². The van der Waals surface area contributed by atoms with Crippen molar-refractivity contribution in [1.29, 1.82) is 0 Å². The third kappa shape index (κ3) is 3.21. The Balaban J connectivity index is 2.14. The molecule has 2 aromatic rings. The molecule has 0 aliphatic rings. The van der Waals surface area contributed by atoms with Crippen molar-refractivity contribution in [3.63, 3.8) is 0 Å². The molecule has 0 aromatic carbocycles. The van der Waals surface area contributed by atoms with Crippen LogP contribution in [0, 0.1) is 0 Å². The van der Waals surface area contributed by atoms with Crippen LogP contribution in [0.5, 0.6) is 0 Å². The first-order valence-corrected chi connectivity index (χ1v) is 5.74. The Bertz CT molecular complexity index is 546. The van der Waals surface area contributed by atoms with E-state index in [4.69, 9.17) is 11.6 Å². The van der Waals surface area contributed by atoms with Crippen LogP contribution in [0.3, 0.4) is 0 Å². The maximum absolute atomic E-state index is 11.8. The number of carbonyl (C=O) groups is 1. The number of aromatic nitrogens is 3. The Kier molecular flexibility index (Phi) is 3.65. The summed E-state index contributed by atoms with van der Waals surface area (Å²) in [6.07, 6.45) is 1.53. The lowest BCUT2D eigenvalue weighted by molar-refractivity contribution is 0.102. The quantitative estimate of drug-likeness (QED) is 0.865. The average Bonchev–Trinajstić information content (AvgIpc) is 2.32. The largest absolute Gasteiger partial charge is 0.305 e. The van der Waals surface area contributed by atoms with E-state index in [1.807, 2.05) is 0 Å². The number of nitrogens with zero attached hydrogens (tertiary/aromatic N) is 3. The number of hydrogen-bond acceptors (Lipinski definition) is 4. The van der Waals surface area contributed by atoms with Crippen LogP contribution in [0.1, 0.15) is 10.4 Å². The summed E-state index contributed by atoms with van der Waals surface area (Å²) < 4.78 is 0.590. The molecular weight excluding hydrogens is 307 g/mol. The summed E-state index contributed by atoms with van der Waals surface area (Å²) in [5.41, 5.74) is 0.476. The molecule has 17 heavy (non-hydrogen) atoms. The van der Waals surface area contributed by atoms with Crippen LogP contribution in [-0.4, -0.2) is 21.1 Å². The number of hydrogen-bond donors (Lipinski definition) is 1. The van der Waals surface area contributed by atoms with Crippen molar-refractivity contribution in [2.75, 3.05) is 5.32 Å². The first-order chi connectivity index (χ1) is 8.15. The van der Waals surface area contributed by atoms with Gasteiger partial charge >= 0.3 is 0 Å². The highest BCUT2D eigenvalue weighted by Gasteiger charge is 2.07. The minimum atomic E-state index is -0.287. The monoisotopic (exact) mass is 312 g/mol. The van der Waals surface area contributed by atoms with E-state index in [1.165, 1.54) is 6.20 Å². The van der Waals surface area contributed by atoms with Crippen molar-refractivity contribution in [1.82, 2.24) is 15.2 Å². The van der Waals surface area contributed by atoms with Crippen LogP contribution in [0.25, 0.3) is 0 Å². The Morgan fingerprint density at radius 1 is 1.29 bits per heavy atom. The molecule has 2 heterocycles. The van der Waals surface area contributed by atoms with Crippen molar-refractivity contribution in [2.24, 2.45) is 0 Å². The van der Waals surface area contributed by atoms with Crippen LogP contribution in [0.2, 0.25) is 5.15 Å². The fourth-order valence-corrected chi connectivity index (χ4v) is 1.58. The minimum absolute atomic E-state index is 0.273. The second kappa shape index (κ2) is 5.20. The average molecular weight is 314 g/mol. The number of amides is 1. The predicted octanol–water partition coefficient (Wildman–Crippen LogP) is 2.54. The number of carbonyl (C=O) groups excluding carboxylic acids is 1. The summed E-state index contributed by atoms with van der Waals surface area (Å²) in [5.74, 6) is 0.0528. The van der Waals surface area contributed by atoms with Crippen LogP contribution >= 0.6 is 27.5 Å². The van der Waals surface area contributed by atoms with Gasteiger partial charge < -0.3 is 5.32 Å². The van der Waals surface area contributed by atoms with Gasteiger partial charge in [-0.05, 0) is 40.2 Å². The van der Waals surface area contributed by atoms with Crippen molar-refractivity contribution in [2.45, 2.75) is 0 Å². The second-order valence-corrected chi connectivity index (χ2v) is 4.26. The standard InChI is InChI=1S/C10H6BrClN4O/c11-7-5-6(3-4-13-7)10(17)14-9-2-1-8(12)15-16-9/h1-5H,(H,14,16,17). The van der Waals surface area contributed by atoms with Gasteiger partial charge in [0.1, 0.15) is 4.60 Å². The molecule has 7 heteroatoms. The summed E-state index contributed by atoms with van der Waals surface area (Å²) in [4.78, 5) is 15.7. The zero-order valence-electron chi connectivity index (χ0n) is 8.39. The van der Waals surface area contributed by atoms with Gasteiger partial charge in [0.2, 0.25) is 0 Å². The van der Waals surface area contributed by atoms with Gasteiger partial charge in [0.15, 0.2) is 11.0 Å². The Morgan fingerprint density at radius 2 is 2.12 bits per heavy atom. The van der Waals surface area contributed by atoms with Gasteiger partial charge in [-0.1, -0.05) is 11.6 Å². The van der Waals surface area contributed by atoms with E-state index in [2.05, 4.69) is 36.4 Å². The first-order valence-electron chi connectivity index (χ1n) is 4.57. The summed E-state index contributed by atoms with van der Waals surface area (Å²) in [6, 6.07) is 6.33. The summed E-state index contributed by atoms with van der Waals surface area (Å²) in [6.45, 7) is 0. The normalized spacial score (nSPS) is 10.0. The van der Waals surface area contributed by atoms with Crippen LogP contribution in [0.4, 0.5) is 5.82 Å². The number of anilines is 1. The van der Waals surface area contributed by atoms with E-state index < -0.39 is 0 Å². The highest BCUT2D eigenvalue weighted by atomic mass is 79.9. The van der Waals surface area contributed by atoms with Gasteiger partial charge in [0.05, 0.1) is 0 Å². The van der Waals surface area contributed by atoms with Crippen molar-refractivity contribution in [3.05, 3.63) is 45.8 Å². The molecule has 0 saturated carbocycles. The zero-order chi connectivity index (χ0) is 12.3. The molecule has 1 N–H and O–H groups in total. The third-order valence-electron chi connectivity index (χ3n) is 1.86. The van der Waals surface area contributed by atoms with Gasteiger partial charge in [0.25, 0.3) is 5.91 Å². The second-order valence-electron chi connectivity index (χ2n) is 3.06. The topological polar surface area (TPSA) is 67.8 Å². The van der Waals surface area contributed by atoms with E-state index in [-0.39, 0.29) is 11.1 Å². The Labute approximate surface area is 110 Å². The maximum Gasteiger partial charge on any atom is 0.257 e. The van der Waals surface area contributed by atoms with Crippen molar-refractivity contribution < 1.29 is 4.79 Å². The molecule has 0 bridgehead atoms. The van der Waals surface area contributed by atoms with Crippen LogP contribution in [-0.2, 0) is 0 Å². The Morgan fingerprint density at radius 3 is 2.76 bits per heavy atom. The molecule has 1 amide bonds. The molecular formula is C10H6BrClN4O. The lowest BCUT2D eigenvalue weighted by Crippen LogP contribution is -2.13. The molecule has 0 unspecified atom stereocenters. The van der Waals surface area contributed by atoms with Crippen LogP contribution in [0.15, 0.2) is 35.1 Å². The molecule has 0 aliphatic heterocycles. The molecule has 0 fully saturated rings. The van der Waals surface area contributed by atoms with E-state index in [1.54, 1.807) is 24.3 Å². The highest BCUT2D eigenvalue weighted by Crippen LogP contribution is 2.11. The summed E-state index contributed by atoms with van der Waals surface area (Å²) in [7, 11) is 0. The molecule has 2 rings (SSSR count). The summed E-state index contributed by atoms with van der Waals surface area (Å²) in [5, 5.41) is 10.2. The molecule has 5 nitrogen and oxygen atoms in total. The molecule has 0 aliphatic carbocycles.